The van der Waals surface area contributed by atoms with E-state index in [0.29, 0.717) is 6.61 Å². The van der Waals surface area contributed by atoms with Gasteiger partial charge in [0.05, 0.1) is 6.26 Å². The van der Waals surface area contributed by atoms with E-state index in [0.717, 1.165) is 29.6 Å². The lowest BCUT2D eigenvalue weighted by Gasteiger charge is -2.04. The molecule has 0 aliphatic heterocycles. The highest BCUT2D eigenvalue weighted by atomic mass is 35.5. The smallest absolute Gasteiger partial charge is 0.157 e. The second kappa shape index (κ2) is 6.33. The Labute approximate surface area is 105 Å². The van der Waals surface area contributed by atoms with Crippen LogP contribution in [0.4, 0.5) is 0 Å². The van der Waals surface area contributed by atoms with Crippen LogP contribution in [0, 0.1) is 0 Å². The molecule has 2 rings (SSSR count). The van der Waals surface area contributed by atoms with Crippen molar-refractivity contribution in [2.75, 3.05) is 13.2 Å². The van der Waals surface area contributed by atoms with Crippen molar-refractivity contribution in [1.82, 2.24) is 0 Å². The second-order valence-electron chi connectivity index (χ2n) is 3.66. The quantitative estimate of drug-likeness (QED) is 0.800. The van der Waals surface area contributed by atoms with Crippen molar-refractivity contribution in [3.63, 3.8) is 0 Å². The van der Waals surface area contributed by atoms with Crippen LogP contribution < -0.4 is 10.1 Å². The average Bonchev–Trinajstić information content (AvgIpc) is 2.84. The number of ether oxygens (including phenoxy) is 1. The van der Waals surface area contributed by atoms with Crippen molar-refractivity contribution in [3.8, 4) is 5.75 Å². The third-order valence-corrected chi connectivity index (χ3v) is 2.58. The minimum Gasteiger partial charge on any atom is -0.488 e. The van der Waals surface area contributed by atoms with Gasteiger partial charge in [0.1, 0.15) is 25.4 Å². The molecule has 2 N–H and O–H groups in total. The standard InChI is InChI=1S/C13H14ClNO2/c14-11-3-5-12(6-4-11)17-9-7-15-10-13-2-1-8-16-13/h1-6,8,15H,7,9-10H2/p+1. The predicted octanol–water partition coefficient (Wildman–Crippen LogP) is 2.08. The molecule has 0 saturated carbocycles. The number of rotatable bonds is 6. The fourth-order valence-corrected chi connectivity index (χ4v) is 1.59. The lowest BCUT2D eigenvalue weighted by Crippen LogP contribution is -2.83. The van der Waals surface area contributed by atoms with Crippen LogP contribution in [0.5, 0.6) is 5.75 Å². The zero-order valence-corrected chi connectivity index (χ0v) is 10.2. The van der Waals surface area contributed by atoms with Gasteiger partial charge < -0.3 is 14.5 Å². The largest absolute Gasteiger partial charge is 0.488 e. The van der Waals surface area contributed by atoms with Crippen LogP contribution in [0.2, 0.25) is 5.02 Å². The molecular formula is C13H15ClNO2+. The van der Waals surface area contributed by atoms with Crippen LogP contribution in [-0.2, 0) is 6.54 Å². The normalized spacial score (nSPS) is 10.4. The summed E-state index contributed by atoms with van der Waals surface area (Å²) in [6, 6.07) is 11.3. The topological polar surface area (TPSA) is 39.0 Å². The molecule has 0 bridgehead atoms. The predicted molar refractivity (Wildman–Crippen MR) is 66.2 cm³/mol. The summed E-state index contributed by atoms with van der Waals surface area (Å²) in [5.41, 5.74) is 0. The van der Waals surface area contributed by atoms with Crippen molar-refractivity contribution < 1.29 is 14.5 Å². The first-order chi connectivity index (χ1) is 8.34. The summed E-state index contributed by atoms with van der Waals surface area (Å²) in [7, 11) is 0. The highest BCUT2D eigenvalue weighted by Crippen LogP contribution is 2.14. The zero-order valence-electron chi connectivity index (χ0n) is 9.43. The maximum Gasteiger partial charge on any atom is 0.157 e. The minimum atomic E-state index is 0.669. The number of benzene rings is 1. The second-order valence-corrected chi connectivity index (χ2v) is 4.10. The number of hydrogen-bond acceptors (Lipinski definition) is 2. The van der Waals surface area contributed by atoms with E-state index in [1.807, 2.05) is 36.4 Å². The molecule has 0 radical (unpaired) electrons. The number of hydrogen-bond donors (Lipinski definition) is 1. The Morgan fingerprint density at radius 3 is 2.71 bits per heavy atom. The van der Waals surface area contributed by atoms with E-state index in [1.165, 1.54) is 0 Å². The molecule has 0 aliphatic carbocycles. The van der Waals surface area contributed by atoms with Gasteiger partial charge in [0.2, 0.25) is 0 Å². The number of furan rings is 1. The molecule has 0 atom stereocenters. The van der Waals surface area contributed by atoms with Crippen molar-refractivity contribution in [3.05, 3.63) is 53.4 Å². The maximum absolute atomic E-state index is 5.78. The molecule has 0 fully saturated rings. The Morgan fingerprint density at radius 2 is 2.00 bits per heavy atom. The van der Waals surface area contributed by atoms with E-state index in [1.54, 1.807) is 6.26 Å². The number of halogens is 1. The molecule has 1 aromatic carbocycles. The average molecular weight is 253 g/mol. The SMILES string of the molecule is Clc1ccc(OCC[NH2+]Cc2ccco2)cc1. The lowest BCUT2D eigenvalue weighted by atomic mass is 10.3. The highest BCUT2D eigenvalue weighted by Gasteiger charge is 1.98. The van der Waals surface area contributed by atoms with E-state index >= 15 is 0 Å². The van der Waals surface area contributed by atoms with Crippen LogP contribution >= 0.6 is 11.6 Å². The van der Waals surface area contributed by atoms with Gasteiger partial charge in [-0.05, 0) is 36.4 Å². The van der Waals surface area contributed by atoms with Gasteiger partial charge in [0.25, 0.3) is 0 Å². The van der Waals surface area contributed by atoms with Gasteiger partial charge in [-0.25, -0.2) is 0 Å². The van der Waals surface area contributed by atoms with Gasteiger partial charge in [-0.1, -0.05) is 11.6 Å². The first-order valence-corrected chi connectivity index (χ1v) is 5.95. The Kier molecular flexibility index (Phi) is 4.47. The Balaban J connectivity index is 1.61. The van der Waals surface area contributed by atoms with E-state index < -0.39 is 0 Å². The van der Waals surface area contributed by atoms with Gasteiger partial charge in [0.15, 0.2) is 5.76 Å². The molecule has 0 unspecified atom stereocenters. The Hall–Kier alpha value is -1.45. The van der Waals surface area contributed by atoms with Crippen molar-refractivity contribution in [1.29, 1.82) is 0 Å². The summed E-state index contributed by atoms with van der Waals surface area (Å²) >= 11 is 5.78. The molecule has 0 amide bonds. The van der Waals surface area contributed by atoms with E-state index in [-0.39, 0.29) is 0 Å². The maximum atomic E-state index is 5.78. The zero-order chi connectivity index (χ0) is 11.9. The first-order valence-electron chi connectivity index (χ1n) is 5.57. The molecule has 1 heterocycles. The molecular weight excluding hydrogens is 238 g/mol. The molecule has 3 nitrogen and oxygen atoms in total. The fourth-order valence-electron chi connectivity index (χ4n) is 1.46. The van der Waals surface area contributed by atoms with Crippen LogP contribution in [0.25, 0.3) is 0 Å². The third kappa shape index (κ3) is 4.13. The molecule has 1 aromatic heterocycles. The summed E-state index contributed by atoms with van der Waals surface area (Å²) in [4.78, 5) is 0. The Morgan fingerprint density at radius 1 is 1.18 bits per heavy atom. The van der Waals surface area contributed by atoms with Crippen LogP contribution in [0.15, 0.2) is 47.1 Å². The van der Waals surface area contributed by atoms with Crippen LogP contribution in [0.1, 0.15) is 5.76 Å². The van der Waals surface area contributed by atoms with Gasteiger partial charge in [-0.3, -0.25) is 0 Å². The summed E-state index contributed by atoms with van der Waals surface area (Å²) < 4.78 is 10.8. The molecule has 4 heteroatoms. The lowest BCUT2D eigenvalue weighted by molar-refractivity contribution is -0.672. The summed E-state index contributed by atoms with van der Waals surface area (Å²) in [6.07, 6.45) is 1.69. The molecule has 90 valence electrons. The molecule has 2 aromatic rings. The fraction of sp³-hybridized carbons (Fsp3) is 0.231. The van der Waals surface area contributed by atoms with Crippen molar-refractivity contribution in [2.45, 2.75) is 6.54 Å². The van der Waals surface area contributed by atoms with Gasteiger partial charge in [0, 0.05) is 5.02 Å². The van der Waals surface area contributed by atoms with E-state index in [4.69, 9.17) is 20.8 Å². The van der Waals surface area contributed by atoms with Gasteiger partial charge in [-0.15, -0.1) is 0 Å². The summed E-state index contributed by atoms with van der Waals surface area (Å²) in [5.74, 6) is 1.83. The minimum absolute atomic E-state index is 0.669. The highest BCUT2D eigenvalue weighted by molar-refractivity contribution is 6.30. The molecule has 0 saturated heterocycles. The molecule has 17 heavy (non-hydrogen) atoms. The molecule has 0 aliphatic rings. The van der Waals surface area contributed by atoms with Crippen molar-refractivity contribution in [2.24, 2.45) is 0 Å². The summed E-state index contributed by atoms with van der Waals surface area (Å²) in [6.45, 7) is 2.41. The van der Waals surface area contributed by atoms with E-state index in [9.17, 15) is 0 Å². The summed E-state index contributed by atoms with van der Waals surface area (Å²) in [5, 5.41) is 2.87. The van der Waals surface area contributed by atoms with E-state index in [2.05, 4.69) is 5.32 Å². The Bertz CT molecular complexity index is 425. The van der Waals surface area contributed by atoms with Gasteiger partial charge >= 0.3 is 0 Å². The van der Waals surface area contributed by atoms with Gasteiger partial charge in [-0.2, -0.15) is 0 Å². The number of quaternary nitrogens is 1. The van der Waals surface area contributed by atoms with Crippen LogP contribution in [-0.4, -0.2) is 13.2 Å². The molecule has 0 spiro atoms. The number of nitrogens with two attached hydrogens (primary N) is 1. The third-order valence-electron chi connectivity index (χ3n) is 2.33. The van der Waals surface area contributed by atoms with Crippen molar-refractivity contribution >= 4 is 11.6 Å². The first kappa shape index (κ1) is 12.0. The monoisotopic (exact) mass is 252 g/mol. The van der Waals surface area contributed by atoms with Crippen LogP contribution in [0.3, 0.4) is 0 Å².